The van der Waals surface area contributed by atoms with E-state index < -0.39 is 21.4 Å². The SMILES string of the molecule is CCSC1CCC(NS(=O)(=O)c2cccc(F)c2C#N)C1. The Morgan fingerprint density at radius 3 is 2.90 bits per heavy atom. The first-order chi connectivity index (χ1) is 9.97. The Balaban J connectivity index is 2.17. The fraction of sp³-hybridized carbons (Fsp3) is 0.500. The molecule has 1 N–H and O–H groups in total. The summed E-state index contributed by atoms with van der Waals surface area (Å²) in [5, 5.41) is 9.41. The van der Waals surface area contributed by atoms with Crippen LogP contribution in [0.3, 0.4) is 0 Å². The van der Waals surface area contributed by atoms with Crippen molar-refractivity contribution in [2.24, 2.45) is 0 Å². The van der Waals surface area contributed by atoms with E-state index >= 15 is 0 Å². The molecular formula is C14H17FN2O2S2. The molecule has 1 aromatic rings. The maximum Gasteiger partial charge on any atom is 0.242 e. The number of nitrogens with zero attached hydrogens (tertiary/aromatic N) is 1. The normalized spacial score (nSPS) is 22.1. The van der Waals surface area contributed by atoms with Crippen LogP contribution < -0.4 is 4.72 Å². The number of rotatable bonds is 5. The van der Waals surface area contributed by atoms with E-state index in [2.05, 4.69) is 11.6 Å². The van der Waals surface area contributed by atoms with Crippen molar-refractivity contribution in [3.05, 3.63) is 29.6 Å². The highest BCUT2D eigenvalue weighted by Crippen LogP contribution is 2.30. The van der Waals surface area contributed by atoms with Crippen LogP contribution in [0.1, 0.15) is 31.7 Å². The maximum absolute atomic E-state index is 13.5. The van der Waals surface area contributed by atoms with Crippen molar-refractivity contribution in [2.75, 3.05) is 5.75 Å². The molecule has 2 atom stereocenters. The smallest absolute Gasteiger partial charge is 0.208 e. The maximum atomic E-state index is 13.5. The standard InChI is InChI=1S/C14H17FN2O2S2/c1-2-20-11-7-6-10(8-11)17-21(18,19)14-5-3-4-13(15)12(14)9-16/h3-5,10-11,17H,2,6-8H2,1H3. The molecule has 0 aliphatic heterocycles. The topological polar surface area (TPSA) is 70.0 Å². The highest BCUT2D eigenvalue weighted by Gasteiger charge is 2.30. The minimum atomic E-state index is -3.87. The van der Waals surface area contributed by atoms with E-state index in [4.69, 9.17) is 5.26 Å². The lowest BCUT2D eigenvalue weighted by Crippen LogP contribution is -2.33. The summed E-state index contributed by atoms with van der Waals surface area (Å²) < 4.78 is 40.8. The van der Waals surface area contributed by atoms with Gasteiger partial charge in [-0.25, -0.2) is 17.5 Å². The number of benzene rings is 1. The van der Waals surface area contributed by atoms with E-state index in [0.717, 1.165) is 31.1 Å². The van der Waals surface area contributed by atoms with E-state index in [1.165, 1.54) is 12.1 Å². The van der Waals surface area contributed by atoms with Crippen molar-refractivity contribution in [1.29, 1.82) is 5.26 Å². The third-order valence-corrected chi connectivity index (χ3v) is 6.28. The summed E-state index contributed by atoms with van der Waals surface area (Å²) in [6, 6.07) is 5.13. The zero-order valence-electron chi connectivity index (χ0n) is 11.7. The lowest BCUT2D eigenvalue weighted by atomic mass is 10.2. The average molecular weight is 328 g/mol. The van der Waals surface area contributed by atoms with E-state index in [-0.39, 0.29) is 10.9 Å². The summed E-state index contributed by atoms with van der Waals surface area (Å²) >= 11 is 1.83. The molecule has 114 valence electrons. The van der Waals surface area contributed by atoms with Crippen molar-refractivity contribution in [1.82, 2.24) is 4.72 Å². The van der Waals surface area contributed by atoms with Gasteiger partial charge in [-0.3, -0.25) is 0 Å². The molecule has 1 aliphatic rings. The van der Waals surface area contributed by atoms with Crippen LogP contribution in [0.4, 0.5) is 4.39 Å². The lowest BCUT2D eigenvalue weighted by molar-refractivity contribution is 0.550. The van der Waals surface area contributed by atoms with Crippen molar-refractivity contribution in [3.8, 4) is 6.07 Å². The molecule has 2 unspecified atom stereocenters. The Morgan fingerprint density at radius 1 is 1.48 bits per heavy atom. The number of thioether (sulfide) groups is 1. The Morgan fingerprint density at radius 2 is 2.24 bits per heavy atom. The summed E-state index contributed by atoms with van der Waals surface area (Å²) in [5.41, 5.74) is -0.428. The van der Waals surface area contributed by atoms with Crippen molar-refractivity contribution >= 4 is 21.8 Å². The Labute approximate surface area is 128 Å². The molecule has 7 heteroatoms. The van der Waals surface area contributed by atoms with Crippen LogP contribution in [-0.2, 0) is 10.0 Å². The largest absolute Gasteiger partial charge is 0.242 e. The van der Waals surface area contributed by atoms with E-state index in [1.807, 2.05) is 11.8 Å². The molecule has 0 heterocycles. The highest BCUT2D eigenvalue weighted by molar-refractivity contribution is 7.99. The van der Waals surface area contributed by atoms with Gasteiger partial charge in [-0.2, -0.15) is 17.0 Å². The van der Waals surface area contributed by atoms with Crippen LogP contribution >= 0.6 is 11.8 Å². The van der Waals surface area contributed by atoms with Gasteiger partial charge in [0.1, 0.15) is 22.3 Å². The molecule has 4 nitrogen and oxygen atoms in total. The molecule has 0 bridgehead atoms. The first kappa shape index (κ1) is 16.3. The van der Waals surface area contributed by atoms with Gasteiger partial charge >= 0.3 is 0 Å². The quantitative estimate of drug-likeness (QED) is 0.902. The van der Waals surface area contributed by atoms with Crippen LogP contribution in [0.5, 0.6) is 0 Å². The Bertz CT molecular complexity index is 655. The number of nitriles is 1. The number of halogens is 1. The van der Waals surface area contributed by atoms with Crippen molar-refractivity contribution in [3.63, 3.8) is 0 Å². The number of hydrogen-bond donors (Lipinski definition) is 1. The number of nitrogens with one attached hydrogen (secondary N) is 1. The fourth-order valence-corrected chi connectivity index (χ4v) is 5.15. The molecule has 1 aliphatic carbocycles. The van der Waals surface area contributed by atoms with Crippen LogP contribution in [0, 0.1) is 17.1 Å². The second kappa shape index (κ2) is 6.77. The van der Waals surface area contributed by atoms with E-state index in [0.29, 0.717) is 5.25 Å². The summed E-state index contributed by atoms with van der Waals surface area (Å²) in [7, 11) is -3.87. The van der Waals surface area contributed by atoms with E-state index in [9.17, 15) is 12.8 Å². The van der Waals surface area contributed by atoms with Gasteiger partial charge in [0.2, 0.25) is 10.0 Å². The molecule has 1 fully saturated rings. The van der Waals surface area contributed by atoms with Crippen LogP contribution in [0.2, 0.25) is 0 Å². The second-order valence-corrected chi connectivity index (χ2v) is 8.19. The van der Waals surface area contributed by atoms with Crippen LogP contribution in [-0.4, -0.2) is 25.5 Å². The minimum absolute atomic E-state index is 0.145. The van der Waals surface area contributed by atoms with Crippen molar-refractivity contribution in [2.45, 2.75) is 42.4 Å². The third-order valence-electron chi connectivity index (χ3n) is 3.49. The van der Waals surface area contributed by atoms with Gasteiger partial charge in [0.15, 0.2) is 0 Å². The van der Waals surface area contributed by atoms with Gasteiger partial charge in [-0.1, -0.05) is 13.0 Å². The monoisotopic (exact) mass is 328 g/mol. The summed E-state index contributed by atoms with van der Waals surface area (Å²) in [4.78, 5) is -0.281. The average Bonchev–Trinajstić information content (AvgIpc) is 2.85. The molecular weight excluding hydrogens is 311 g/mol. The first-order valence-electron chi connectivity index (χ1n) is 6.80. The fourth-order valence-electron chi connectivity index (χ4n) is 2.55. The zero-order valence-corrected chi connectivity index (χ0v) is 13.3. The van der Waals surface area contributed by atoms with Gasteiger partial charge in [0, 0.05) is 11.3 Å². The molecule has 0 spiro atoms. The third kappa shape index (κ3) is 3.76. The van der Waals surface area contributed by atoms with Gasteiger partial charge in [-0.05, 0) is 37.1 Å². The lowest BCUT2D eigenvalue weighted by Gasteiger charge is -2.14. The summed E-state index contributed by atoms with van der Waals surface area (Å²) in [6.45, 7) is 2.08. The predicted molar refractivity (Wildman–Crippen MR) is 81.0 cm³/mol. The summed E-state index contributed by atoms with van der Waals surface area (Å²) in [5.74, 6) is 0.193. The van der Waals surface area contributed by atoms with E-state index in [1.54, 1.807) is 6.07 Å². The molecule has 21 heavy (non-hydrogen) atoms. The Kier molecular flexibility index (Phi) is 5.25. The van der Waals surface area contributed by atoms with Crippen molar-refractivity contribution < 1.29 is 12.8 Å². The molecule has 0 amide bonds. The first-order valence-corrected chi connectivity index (χ1v) is 9.33. The van der Waals surface area contributed by atoms with Gasteiger partial charge in [0.25, 0.3) is 0 Å². The van der Waals surface area contributed by atoms with Gasteiger partial charge in [0.05, 0.1) is 0 Å². The highest BCUT2D eigenvalue weighted by atomic mass is 32.2. The predicted octanol–water partition coefficient (Wildman–Crippen LogP) is 2.65. The molecule has 0 saturated heterocycles. The number of sulfonamides is 1. The molecule has 0 radical (unpaired) electrons. The molecule has 1 saturated carbocycles. The van der Waals surface area contributed by atoms with Gasteiger partial charge < -0.3 is 0 Å². The zero-order chi connectivity index (χ0) is 15.5. The second-order valence-electron chi connectivity index (χ2n) is 4.93. The minimum Gasteiger partial charge on any atom is -0.208 e. The molecule has 0 aromatic heterocycles. The number of hydrogen-bond acceptors (Lipinski definition) is 4. The van der Waals surface area contributed by atoms with Crippen LogP contribution in [0.25, 0.3) is 0 Å². The van der Waals surface area contributed by atoms with Gasteiger partial charge in [-0.15, -0.1) is 0 Å². The Hall–Kier alpha value is -1.10. The molecule has 2 rings (SSSR count). The van der Waals surface area contributed by atoms with Crippen LogP contribution in [0.15, 0.2) is 23.1 Å². The summed E-state index contributed by atoms with van der Waals surface area (Å²) in [6.07, 6.45) is 2.52. The molecule has 1 aromatic carbocycles.